The third kappa shape index (κ3) is 5.34. The summed E-state index contributed by atoms with van der Waals surface area (Å²) in [6, 6.07) is 10.4. The zero-order valence-electron chi connectivity index (χ0n) is 14.5. The van der Waals surface area contributed by atoms with Gasteiger partial charge in [-0.05, 0) is 5.56 Å². The van der Waals surface area contributed by atoms with Gasteiger partial charge in [0.05, 0.1) is 37.6 Å². The predicted molar refractivity (Wildman–Crippen MR) is 94.6 cm³/mol. The highest BCUT2D eigenvalue weighted by Crippen LogP contribution is 2.14. The maximum absolute atomic E-state index is 12.5. The normalized spacial score (nSPS) is 18.0. The lowest BCUT2D eigenvalue weighted by Gasteiger charge is -2.33. The van der Waals surface area contributed by atoms with Gasteiger partial charge in [-0.15, -0.1) is 0 Å². The molecule has 0 aliphatic carbocycles. The summed E-state index contributed by atoms with van der Waals surface area (Å²) in [6.45, 7) is 3.70. The van der Waals surface area contributed by atoms with Gasteiger partial charge in [-0.3, -0.25) is 19.7 Å². The Kier molecular flexibility index (Phi) is 6.09. The van der Waals surface area contributed by atoms with Crippen LogP contribution in [0.2, 0.25) is 0 Å². The third-order valence-corrected chi connectivity index (χ3v) is 4.32. The molecular weight excluding hydrogens is 316 g/mol. The van der Waals surface area contributed by atoms with E-state index in [0.29, 0.717) is 19.6 Å². The first kappa shape index (κ1) is 17.5. The molecule has 1 atom stereocenters. The van der Waals surface area contributed by atoms with Gasteiger partial charge in [-0.2, -0.15) is 0 Å². The fourth-order valence-electron chi connectivity index (χ4n) is 2.98. The average molecular weight is 340 g/mol. The first-order valence-electron chi connectivity index (χ1n) is 8.57. The van der Waals surface area contributed by atoms with Crippen molar-refractivity contribution in [2.24, 2.45) is 0 Å². The lowest BCUT2D eigenvalue weighted by atomic mass is 10.1. The van der Waals surface area contributed by atoms with E-state index in [0.717, 1.165) is 25.3 Å². The van der Waals surface area contributed by atoms with Crippen LogP contribution in [-0.2, 0) is 22.6 Å². The monoisotopic (exact) mass is 340 g/mol. The Hall–Kier alpha value is -2.31. The number of hydrogen-bond donors (Lipinski definition) is 0. The zero-order chi connectivity index (χ0) is 17.5. The number of nitrogens with zero attached hydrogens (tertiary/aromatic N) is 4. The van der Waals surface area contributed by atoms with E-state index < -0.39 is 0 Å². The molecule has 3 rings (SSSR count). The smallest absolute Gasteiger partial charge is 0.225 e. The van der Waals surface area contributed by atoms with Crippen molar-refractivity contribution in [2.75, 3.05) is 26.7 Å². The highest BCUT2D eigenvalue weighted by molar-refractivity contribution is 5.76. The van der Waals surface area contributed by atoms with Crippen molar-refractivity contribution in [1.29, 1.82) is 0 Å². The van der Waals surface area contributed by atoms with E-state index in [-0.39, 0.29) is 12.0 Å². The number of ether oxygens (including phenoxy) is 1. The summed E-state index contributed by atoms with van der Waals surface area (Å²) in [6.07, 6.45) is 5.28. The van der Waals surface area contributed by atoms with Crippen LogP contribution in [0.15, 0.2) is 48.9 Å². The van der Waals surface area contributed by atoms with Gasteiger partial charge in [0.25, 0.3) is 0 Å². The van der Waals surface area contributed by atoms with Crippen molar-refractivity contribution < 1.29 is 9.53 Å². The Morgan fingerprint density at radius 3 is 2.92 bits per heavy atom. The minimum absolute atomic E-state index is 0.0609. The summed E-state index contributed by atoms with van der Waals surface area (Å²) in [5.74, 6) is 0.0669. The molecule has 1 aliphatic rings. The molecule has 6 nitrogen and oxygen atoms in total. The molecule has 0 bridgehead atoms. The summed E-state index contributed by atoms with van der Waals surface area (Å²) in [5.41, 5.74) is 2.07. The Labute approximate surface area is 148 Å². The van der Waals surface area contributed by atoms with Crippen molar-refractivity contribution in [3.05, 3.63) is 60.2 Å². The minimum atomic E-state index is -0.0609. The Morgan fingerprint density at radius 2 is 2.16 bits per heavy atom. The van der Waals surface area contributed by atoms with Gasteiger partial charge in [-0.1, -0.05) is 30.3 Å². The van der Waals surface area contributed by atoms with Gasteiger partial charge in [0.15, 0.2) is 0 Å². The lowest BCUT2D eigenvalue weighted by Crippen LogP contribution is -2.44. The van der Waals surface area contributed by atoms with Crippen LogP contribution in [0.25, 0.3) is 0 Å². The molecule has 0 saturated carbocycles. The molecule has 1 amide bonds. The van der Waals surface area contributed by atoms with Gasteiger partial charge in [0.1, 0.15) is 0 Å². The van der Waals surface area contributed by atoms with Crippen LogP contribution < -0.4 is 0 Å². The third-order valence-electron chi connectivity index (χ3n) is 4.32. The van der Waals surface area contributed by atoms with Gasteiger partial charge in [-0.25, -0.2) is 0 Å². The zero-order valence-corrected chi connectivity index (χ0v) is 14.5. The molecule has 1 fully saturated rings. The van der Waals surface area contributed by atoms with E-state index in [2.05, 4.69) is 39.1 Å². The number of aromatic nitrogens is 2. The Morgan fingerprint density at radius 1 is 1.32 bits per heavy atom. The molecular formula is C19H24N4O2. The summed E-state index contributed by atoms with van der Waals surface area (Å²) in [5, 5.41) is 0. The largest absolute Gasteiger partial charge is 0.375 e. The summed E-state index contributed by atoms with van der Waals surface area (Å²) < 4.78 is 5.80. The van der Waals surface area contributed by atoms with Crippen molar-refractivity contribution in [2.45, 2.75) is 25.6 Å². The molecule has 1 saturated heterocycles. The molecule has 1 unspecified atom stereocenters. The SMILES string of the molecule is CN(Cc1cnccn1)C(=O)CC1CN(Cc2ccccc2)CCO1. The van der Waals surface area contributed by atoms with Gasteiger partial charge in [0, 0.05) is 39.1 Å². The average Bonchev–Trinajstić information content (AvgIpc) is 2.63. The molecule has 0 spiro atoms. The Bertz CT molecular complexity index is 666. The van der Waals surface area contributed by atoms with Crippen LogP contribution >= 0.6 is 0 Å². The molecule has 1 aromatic heterocycles. The topological polar surface area (TPSA) is 58.6 Å². The van der Waals surface area contributed by atoms with Gasteiger partial charge in [0.2, 0.25) is 5.91 Å². The number of hydrogen-bond acceptors (Lipinski definition) is 5. The van der Waals surface area contributed by atoms with E-state index >= 15 is 0 Å². The lowest BCUT2D eigenvalue weighted by molar-refractivity contribution is -0.135. The van der Waals surface area contributed by atoms with E-state index in [1.807, 2.05) is 6.07 Å². The maximum atomic E-state index is 12.5. The fourth-order valence-corrected chi connectivity index (χ4v) is 2.98. The molecule has 25 heavy (non-hydrogen) atoms. The van der Waals surface area contributed by atoms with E-state index in [1.165, 1.54) is 5.56 Å². The fraction of sp³-hybridized carbons (Fsp3) is 0.421. The number of morpholine rings is 1. The number of carbonyl (C=O) groups excluding carboxylic acids is 1. The summed E-state index contributed by atoms with van der Waals surface area (Å²) in [4.78, 5) is 24.7. The minimum Gasteiger partial charge on any atom is -0.375 e. The molecule has 6 heteroatoms. The second-order valence-corrected chi connectivity index (χ2v) is 6.36. The molecule has 0 radical (unpaired) electrons. The summed E-state index contributed by atoms with van der Waals surface area (Å²) in [7, 11) is 1.79. The molecule has 2 aromatic rings. The van der Waals surface area contributed by atoms with Crippen LogP contribution in [0.4, 0.5) is 0 Å². The second-order valence-electron chi connectivity index (χ2n) is 6.36. The first-order chi connectivity index (χ1) is 12.2. The second kappa shape index (κ2) is 8.69. The standard InChI is InChI=1S/C19H24N4O2/c1-22(14-17-12-20-7-8-21-17)19(24)11-18-15-23(9-10-25-18)13-16-5-3-2-4-6-16/h2-8,12,18H,9-11,13-15H2,1H3. The molecule has 0 N–H and O–H groups in total. The van der Waals surface area contributed by atoms with Crippen molar-refractivity contribution in [3.8, 4) is 0 Å². The number of benzene rings is 1. The van der Waals surface area contributed by atoms with Crippen LogP contribution in [0.1, 0.15) is 17.7 Å². The van der Waals surface area contributed by atoms with Gasteiger partial charge >= 0.3 is 0 Å². The van der Waals surface area contributed by atoms with Crippen LogP contribution in [0, 0.1) is 0 Å². The Balaban J connectivity index is 1.49. The quantitative estimate of drug-likeness (QED) is 0.801. The van der Waals surface area contributed by atoms with Gasteiger partial charge < -0.3 is 9.64 Å². The summed E-state index contributed by atoms with van der Waals surface area (Å²) >= 11 is 0. The van der Waals surface area contributed by atoms with Crippen LogP contribution in [0.3, 0.4) is 0 Å². The van der Waals surface area contributed by atoms with Crippen LogP contribution in [-0.4, -0.2) is 58.5 Å². The molecule has 1 aromatic carbocycles. The van der Waals surface area contributed by atoms with E-state index in [1.54, 1.807) is 30.5 Å². The predicted octanol–water partition coefficient (Wildman–Crippen LogP) is 1.73. The highest BCUT2D eigenvalue weighted by Gasteiger charge is 2.24. The number of rotatable bonds is 6. The first-order valence-corrected chi connectivity index (χ1v) is 8.57. The van der Waals surface area contributed by atoms with E-state index in [4.69, 9.17) is 4.74 Å². The van der Waals surface area contributed by atoms with E-state index in [9.17, 15) is 4.79 Å². The molecule has 1 aliphatic heterocycles. The van der Waals surface area contributed by atoms with Crippen molar-refractivity contribution >= 4 is 5.91 Å². The maximum Gasteiger partial charge on any atom is 0.225 e. The molecule has 2 heterocycles. The highest BCUT2D eigenvalue weighted by atomic mass is 16.5. The van der Waals surface area contributed by atoms with Crippen molar-refractivity contribution in [1.82, 2.24) is 19.8 Å². The number of carbonyl (C=O) groups is 1. The van der Waals surface area contributed by atoms with Crippen LogP contribution in [0.5, 0.6) is 0 Å². The number of amides is 1. The molecule has 132 valence electrons. The van der Waals surface area contributed by atoms with Crippen molar-refractivity contribution in [3.63, 3.8) is 0 Å².